The number of benzene rings is 1. The topological polar surface area (TPSA) is 137 Å². The van der Waals surface area contributed by atoms with E-state index in [0.29, 0.717) is 30.0 Å². The second-order valence-corrected chi connectivity index (χ2v) is 6.42. The standard InChI is InChI=1S/C19H21N7O4/c1-3-16(25-12-15(11-21-25)26(29)30)18(27)22-13-6-5-7-14(10-13)23-19(28)17-8-9-20-24(17)4-2/h5-12,16H,3-4H2,1-2H3,(H,22,27)(H,23,28). The lowest BCUT2D eigenvalue weighted by atomic mass is 10.2. The minimum absolute atomic E-state index is 0.183. The summed E-state index contributed by atoms with van der Waals surface area (Å²) in [6, 6.07) is 7.62. The highest BCUT2D eigenvalue weighted by molar-refractivity contribution is 6.03. The van der Waals surface area contributed by atoms with Crippen LogP contribution in [-0.4, -0.2) is 36.3 Å². The van der Waals surface area contributed by atoms with E-state index >= 15 is 0 Å². The summed E-state index contributed by atoms with van der Waals surface area (Å²) in [7, 11) is 0. The fourth-order valence-electron chi connectivity index (χ4n) is 2.96. The lowest BCUT2D eigenvalue weighted by molar-refractivity contribution is -0.385. The summed E-state index contributed by atoms with van der Waals surface area (Å²) in [4.78, 5) is 35.4. The molecule has 0 saturated heterocycles. The van der Waals surface area contributed by atoms with Gasteiger partial charge >= 0.3 is 5.69 Å². The number of nitrogens with one attached hydrogen (secondary N) is 2. The van der Waals surface area contributed by atoms with E-state index in [1.165, 1.54) is 10.9 Å². The lowest BCUT2D eigenvalue weighted by Gasteiger charge is -2.16. The molecule has 1 unspecified atom stereocenters. The molecule has 1 atom stereocenters. The number of rotatable bonds is 8. The number of carbonyl (C=O) groups excluding carboxylic acids is 2. The molecule has 0 aliphatic carbocycles. The number of carbonyl (C=O) groups is 2. The summed E-state index contributed by atoms with van der Waals surface area (Å²) in [5, 5.41) is 24.4. The van der Waals surface area contributed by atoms with Crippen molar-refractivity contribution in [2.45, 2.75) is 32.9 Å². The summed E-state index contributed by atoms with van der Waals surface area (Å²) in [5.74, 6) is -0.684. The van der Waals surface area contributed by atoms with Gasteiger partial charge in [0.2, 0.25) is 5.91 Å². The molecule has 3 aromatic rings. The Morgan fingerprint density at radius 3 is 2.53 bits per heavy atom. The first-order chi connectivity index (χ1) is 14.4. The Labute approximate surface area is 171 Å². The van der Waals surface area contributed by atoms with Crippen molar-refractivity contribution in [2.24, 2.45) is 0 Å². The maximum absolute atomic E-state index is 12.7. The second kappa shape index (κ2) is 8.99. The number of aromatic nitrogens is 4. The Bertz CT molecular complexity index is 1070. The van der Waals surface area contributed by atoms with E-state index in [2.05, 4.69) is 20.8 Å². The van der Waals surface area contributed by atoms with Crippen LogP contribution in [0.4, 0.5) is 17.1 Å². The third kappa shape index (κ3) is 4.51. The van der Waals surface area contributed by atoms with E-state index in [1.807, 2.05) is 6.92 Å². The van der Waals surface area contributed by atoms with Gasteiger partial charge in [0, 0.05) is 24.1 Å². The van der Waals surface area contributed by atoms with Gasteiger partial charge in [0.05, 0.1) is 4.92 Å². The molecule has 11 heteroatoms. The van der Waals surface area contributed by atoms with Crippen LogP contribution in [0, 0.1) is 10.1 Å². The van der Waals surface area contributed by atoms with Gasteiger partial charge in [-0.25, -0.2) is 0 Å². The van der Waals surface area contributed by atoms with Gasteiger partial charge in [0.15, 0.2) is 0 Å². The van der Waals surface area contributed by atoms with Crippen LogP contribution in [0.5, 0.6) is 0 Å². The summed E-state index contributed by atoms with van der Waals surface area (Å²) in [5.41, 5.74) is 1.22. The Kier molecular flexibility index (Phi) is 6.20. The fraction of sp³-hybridized carbons (Fsp3) is 0.263. The number of hydrogen-bond donors (Lipinski definition) is 2. The van der Waals surface area contributed by atoms with Crippen LogP contribution >= 0.6 is 0 Å². The molecular formula is C19H21N7O4. The van der Waals surface area contributed by atoms with Gasteiger partial charge in [-0.1, -0.05) is 13.0 Å². The van der Waals surface area contributed by atoms with Crippen LogP contribution < -0.4 is 10.6 Å². The summed E-state index contributed by atoms with van der Waals surface area (Å²) in [6.45, 7) is 4.24. The van der Waals surface area contributed by atoms with E-state index in [1.54, 1.807) is 48.1 Å². The second-order valence-electron chi connectivity index (χ2n) is 6.42. The Morgan fingerprint density at radius 2 is 1.90 bits per heavy atom. The van der Waals surface area contributed by atoms with Gasteiger partial charge in [-0.2, -0.15) is 10.2 Å². The maximum Gasteiger partial charge on any atom is 0.307 e. The summed E-state index contributed by atoms with van der Waals surface area (Å²) in [6.07, 6.45) is 4.27. The summed E-state index contributed by atoms with van der Waals surface area (Å²) >= 11 is 0. The molecule has 156 valence electrons. The van der Waals surface area contributed by atoms with Gasteiger partial charge in [0.1, 0.15) is 24.1 Å². The molecule has 1 aromatic carbocycles. The highest BCUT2D eigenvalue weighted by atomic mass is 16.6. The van der Waals surface area contributed by atoms with Crippen LogP contribution in [-0.2, 0) is 11.3 Å². The first-order valence-corrected chi connectivity index (χ1v) is 9.35. The first kappa shape index (κ1) is 20.7. The Balaban J connectivity index is 1.71. The fourth-order valence-corrected chi connectivity index (χ4v) is 2.96. The van der Waals surface area contributed by atoms with Crippen molar-refractivity contribution in [3.8, 4) is 0 Å². The molecule has 0 radical (unpaired) electrons. The van der Waals surface area contributed by atoms with Crippen molar-refractivity contribution in [1.82, 2.24) is 19.6 Å². The molecule has 2 aromatic heterocycles. The van der Waals surface area contributed by atoms with E-state index in [4.69, 9.17) is 0 Å². The number of nitro groups is 1. The zero-order chi connectivity index (χ0) is 21.7. The first-order valence-electron chi connectivity index (χ1n) is 9.35. The molecule has 30 heavy (non-hydrogen) atoms. The van der Waals surface area contributed by atoms with Crippen molar-refractivity contribution < 1.29 is 14.5 Å². The highest BCUT2D eigenvalue weighted by Crippen LogP contribution is 2.20. The van der Waals surface area contributed by atoms with Crippen LogP contribution in [0.3, 0.4) is 0 Å². The average Bonchev–Trinajstić information content (AvgIpc) is 3.38. The van der Waals surface area contributed by atoms with Gasteiger partial charge in [-0.05, 0) is 37.6 Å². The smallest absolute Gasteiger partial charge is 0.307 e. The maximum atomic E-state index is 12.7. The number of amides is 2. The predicted molar refractivity (Wildman–Crippen MR) is 109 cm³/mol. The SMILES string of the molecule is CCC(C(=O)Nc1cccc(NC(=O)c2ccnn2CC)c1)n1cc([N+](=O)[O-])cn1. The van der Waals surface area contributed by atoms with Crippen molar-refractivity contribution in [3.63, 3.8) is 0 Å². The van der Waals surface area contributed by atoms with Crippen LogP contribution in [0.1, 0.15) is 36.8 Å². The molecule has 3 rings (SSSR count). The van der Waals surface area contributed by atoms with E-state index in [9.17, 15) is 19.7 Å². The minimum Gasteiger partial charge on any atom is -0.324 e. The Hall–Kier alpha value is -4.02. The number of anilines is 2. The third-order valence-corrected chi connectivity index (χ3v) is 4.44. The van der Waals surface area contributed by atoms with Crippen molar-refractivity contribution >= 4 is 28.9 Å². The van der Waals surface area contributed by atoms with Gasteiger partial charge < -0.3 is 10.6 Å². The van der Waals surface area contributed by atoms with Gasteiger partial charge in [-0.3, -0.25) is 29.1 Å². The van der Waals surface area contributed by atoms with Crippen molar-refractivity contribution in [3.05, 3.63) is 64.7 Å². The summed E-state index contributed by atoms with van der Waals surface area (Å²) < 4.78 is 2.85. The number of hydrogen-bond acceptors (Lipinski definition) is 6. The molecule has 2 amide bonds. The largest absolute Gasteiger partial charge is 0.324 e. The van der Waals surface area contributed by atoms with Gasteiger partial charge in [0.25, 0.3) is 5.91 Å². The van der Waals surface area contributed by atoms with E-state index < -0.39 is 11.0 Å². The molecule has 0 aliphatic rings. The molecule has 0 bridgehead atoms. The molecule has 11 nitrogen and oxygen atoms in total. The zero-order valence-corrected chi connectivity index (χ0v) is 16.5. The molecule has 0 fully saturated rings. The van der Waals surface area contributed by atoms with E-state index in [0.717, 1.165) is 6.20 Å². The predicted octanol–water partition coefficient (Wildman–Crippen LogP) is 2.85. The lowest BCUT2D eigenvalue weighted by Crippen LogP contribution is -2.26. The molecular weight excluding hydrogens is 390 g/mol. The molecule has 2 heterocycles. The normalized spacial score (nSPS) is 11.7. The van der Waals surface area contributed by atoms with Crippen LogP contribution in [0.25, 0.3) is 0 Å². The monoisotopic (exact) mass is 411 g/mol. The third-order valence-electron chi connectivity index (χ3n) is 4.44. The highest BCUT2D eigenvalue weighted by Gasteiger charge is 2.22. The van der Waals surface area contributed by atoms with Crippen LogP contribution in [0.15, 0.2) is 48.9 Å². The minimum atomic E-state index is -0.712. The van der Waals surface area contributed by atoms with Crippen molar-refractivity contribution in [1.29, 1.82) is 0 Å². The Morgan fingerprint density at radius 1 is 1.17 bits per heavy atom. The average molecular weight is 411 g/mol. The number of nitrogens with zero attached hydrogens (tertiary/aromatic N) is 5. The molecule has 0 aliphatic heterocycles. The van der Waals surface area contributed by atoms with Gasteiger partial charge in [-0.15, -0.1) is 0 Å². The molecule has 0 saturated carbocycles. The zero-order valence-electron chi connectivity index (χ0n) is 16.5. The molecule has 0 spiro atoms. The van der Waals surface area contributed by atoms with Crippen LogP contribution in [0.2, 0.25) is 0 Å². The van der Waals surface area contributed by atoms with E-state index in [-0.39, 0.29) is 17.5 Å². The number of aryl methyl sites for hydroxylation is 1. The quantitative estimate of drug-likeness (QED) is 0.432. The van der Waals surface area contributed by atoms with Crippen molar-refractivity contribution in [2.75, 3.05) is 10.6 Å². The molecule has 2 N–H and O–H groups in total.